The first-order chi connectivity index (χ1) is 11.2. The Morgan fingerprint density at radius 2 is 1.71 bits per heavy atom. The van der Waals surface area contributed by atoms with Crippen molar-refractivity contribution in [2.75, 3.05) is 11.9 Å². The summed E-state index contributed by atoms with van der Waals surface area (Å²) in [5.41, 5.74) is -0.212. The lowest BCUT2D eigenvalue weighted by molar-refractivity contribution is -0.115. The maximum absolute atomic E-state index is 13.5. The quantitative estimate of drug-likeness (QED) is 0.842. The van der Waals surface area contributed by atoms with E-state index in [1.807, 2.05) is 0 Å². The third-order valence-corrected chi connectivity index (χ3v) is 3.81. The van der Waals surface area contributed by atoms with Crippen LogP contribution in [-0.2, 0) is 10.3 Å². The molecule has 0 heterocycles. The van der Waals surface area contributed by atoms with Crippen LogP contribution in [0.3, 0.4) is 0 Å². The molecule has 1 amide bonds. The summed E-state index contributed by atoms with van der Waals surface area (Å²) in [5.74, 6) is -2.55. The van der Waals surface area contributed by atoms with Gasteiger partial charge in [-0.15, -0.1) is 0 Å². The molecule has 0 aliphatic carbocycles. The number of hydrogen-bond acceptors (Lipinski definition) is 2. The van der Waals surface area contributed by atoms with E-state index in [0.717, 1.165) is 12.1 Å². The number of carbonyl (C=O) groups excluding carboxylic acids is 1. The van der Waals surface area contributed by atoms with Gasteiger partial charge in [-0.3, -0.25) is 10.1 Å². The molecule has 0 bridgehead atoms. The Bertz CT molecular complexity index is 765. The first kappa shape index (κ1) is 18.3. The molecule has 0 radical (unpaired) electrons. The first-order valence-electron chi connectivity index (χ1n) is 7.14. The molecule has 0 saturated carbocycles. The lowest BCUT2D eigenvalue weighted by Gasteiger charge is -2.27. The Labute approximate surface area is 142 Å². The highest BCUT2D eigenvalue weighted by molar-refractivity contribution is 6.31. The molecule has 7 heteroatoms. The van der Waals surface area contributed by atoms with Gasteiger partial charge in [0.25, 0.3) is 0 Å². The Morgan fingerprint density at radius 3 is 2.33 bits per heavy atom. The second kappa shape index (κ2) is 7.23. The topological polar surface area (TPSA) is 41.1 Å². The normalized spacial score (nSPS) is 11.4. The van der Waals surface area contributed by atoms with Crippen LogP contribution in [-0.4, -0.2) is 12.5 Å². The van der Waals surface area contributed by atoms with Crippen LogP contribution in [0.1, 0.15) is 19.4 Å². The number of anilines is 1. The molecule has 0 saturated heterocycles. The van der Waals surface area contributed by atoms with Gasteiger partial charge in [0.1, 0.15) is 17.5 Å². The van der Waals surface area contributed by atoms with Gasteiger partial charge in [0.15, 0.2) is 0 Å². The number of halogens is 4. The van der Waals surface area contributed by atoms with Crippen LogP contribution in [0.5, 0.6) is 0 Å². The van der Waals surface area contributed by atoms with E-state index < -0.39 is 28.9 Å². The molecule has 0 atom stereocenters. The van der Waals surface area contributed by atoms with Crippen molar-refractivity contribution in [3.63, 3.8) is 0 Å². The van der Waals surface area contributed by atoms with Crippen LogP contribution in [0, 0.1) is 17.5 Å². The standard InChI is InChI=1S/C17H16ClF3N2O/c1-17(2,12-5-3-10(19)7-13(12)18)22-9-16(24)23-15-6-4-11(20)8-14(15)21/h3-8,22H,9H2,1-2H3,(H,23,24). The van der Waals surface area contributed by atoms with E-state index in [-0.39, 0.29) is 17.3 Å². The molecule has 0 aliphatic heterocycles. The summed E-state index contributed by atoms with van der Waals surface area (Å²) in [4.78, 5) is 11.9. The predicted octanol–water partition coefficient (Wildman–Crippen LogP) is 4.22. The molecule has 2 N–H and O–H groups in total. The fourth-order valence-corrected chi connectivity index (χ4v) is 2.58. The second-order valence-electron chi connectivity index (χ2n) is 5.78. The third-order valence-electron chi connectivity index (χ3n) is 3.50. The summed E-state index contributed by atoms with van der Waals surface area (Å²) < 4.78 is 39.5. The molecule has 0 unspecified atom stereocenters. The molecule has 128 valence electrons. The Kier molecular flexibility index (Phi) is 5.51. The molecule has 0 spiro atoms. The highest BCUT2D eigenvalue weighted by atomic mass is 35.5. The summed E-state index contributed by atoms with van der Waals surface area (Å²) in [7, 11) is 0. The summed E-state index contributed by atoms with van der Waals surface area (Å²) in [6.45, 7) is 3.41. The van der Waals surface area contributed by atoms with Gasteiger partial charge in [-0.05, 0) is 43.7 Å². The van der Waals surface area contributed by atoms with Crippen LogP contribution >= 0.6 is 11.6 Å². The summed E-state index contributed by atoms with van der Waals surface area (Å²) >= 11 is 6.03. The molecule has 24 heavy (non-hydrogen) atoms. The molecule has 2 aromatic carbocycles. The van der Waals surface area contributed by atoms with Gasteiger partial charge in [-0.1, -0.05) is 17.7 Å². The van der Waals surface area contributed by atoms with Crippen LogP contribution < -0.4 is 10.6 Å². The van der Waals surface area contributed by atoms with E-state index in [1.54, 1.807) is 13.8 Å². The van der Waals surface area contributed by atoms with Gasteiger partial charge in [0, 0.05) is 16.6 Å². The van der Waals surface area contributed by atoms with Gasteiger partial charge in [-0.25, -0.2) is 13.2 Å². The van der Waals surface area contributed by atoms with Gasteiger partial charge in [0.2, 0.25) is 5.91 Å². The fourth-order valence-electron chi connectivity index (χ4n) is 2.18. The molecule has 0 aliphatic rings. The number of benzene rings is 2. The first-order valence-corrected chi connectivity index (χ1v) is 7.52. The van der Waals surface area contributed by atoms with Crippen LogP contribution in [0.4, 0.5) is 18.9 Å². The van der Waals surface area contributed by atoms with Crippen LogP contribution in [0.15, 0.2) is 36.4 Å². The Morgan fingerprint density at radius 1 is 1.08 bits per heavy atom. The largest absolute Gasteiger partial charge is 0.322 e. The monoisotopic (exact) mass is 356 g/mol. The van der Waals surface area contributed by atoms with Gasteiger partial charge in [-0.2, -0.15) is 0 Å². The van der Waals surface area contributed by atoms with Crippen molar-refractivity contribution in [3.8, 4) is 0 Å². The maximum atomic E-state index is 13.5. The number of rotatable bonds is 5. The van der Waals surface area contributed by atoms with Crippen LogP contribution in [0.25, 0.3) is 0 Å². The van der Waals surface area contributed by atoms with Crippen molar-refractivity contribution in [1.29, 1.82) is 0 Å². The molecule has 0 aromatic heterocycles. The van der Waals surface area contributed by atoms with E-state index in [2.05, 4.69) is 10.6 Å². The van der Waals surface area contributed by atoms with E-state index in [0.29, 0.717) is 11.6 Å². The van der Waals surface area contributed by atoms with Crippen molar-refractivity contribution in [3.05, 3.63) is 64.4 Å². The predicted molar refractivity (Wildman–Crippen MR) is 87.4 cm³/mol. The van der Waals surface area contributed by atoms with E-state index in [1.165, 1.54) is 18.2 Å². The fraction of sp³-hybridized carbons (Fsp3) is 0.235. The van der Waals surface area contributed by atoms with Crippen LogP contribution in [0.2, 0.25) is 5.02 Å². The molecule has 0 fully saturated rings. The Balaban J connectivity index is 2.02. The van der Waals surface area contributed by atoms with Crippen molar-refractivity contribution in [2.24, 2.45) is 0 Å². The van der Waals surface area contributed by atoms with E-state index >= 15 is 0 Å². The van der Waals surface area contributed by atoms with Crippen molar-refractivity contribution in [2.45, 2.75) is 19.4 Å². The summed E-state index contributed by atoms with van der Waals surface area (Å²) in [5, 5.41) is 5.55. The number of hydrogen-bond donors (Lipinski definition) is 2. The summed E-state index contributed by atoms with van der Waals surface area (Å²) in [6.07, 6.45) is 0. The zero-order valence-corrected chi connectivity index (χ0v) is 13.8. The van der Waals surface area contributed by atoms with E-state index in [9.17, 15) is 18.0 Å². The SMILES string of the molecule is CC(C)(NCC(=O)Nc1ccc(F)cc1F)c1ccc(F)cc1Cl. The minimum atomic E-state index is -0.857. The zero-order valence-electron chi connectivity index (χ0n) is 13.1. The molecule has 3 nitrogen and oxygen atoms in total. The highest BCUT2D eigenvalue weighted by Crippen LogP contribution is 2.28. The molecular formula is C17H16ClF3N2O. The minimum absolute atomic E-state index is 0.110. The van der Waals surface area contributed by atoms with Gasteiger partial charge >= 0.3 is 0 Å². The third kappa shape index (κ3) is 4.49. The number of carbonyl (C=O) groups is 1. The Hall–Kier alpha value is -2.05. The lowest BCUT2D eigenvalue weighted by atomic mass is 9.94. The van der Waals surface area contributed by atoms with Crippen molar-refractivity contribution >= 4 is 23.2 Å². The highest BCUT2D eigenvalue weighted by Gasteiger charge is 2.24. The van der Waals surface area contributed by atoms with Gasteiger partial charge in [0.05, 0.1) is 12.2 Å². The maximum Gasteiger partial charge on any atom is 0.238 e. The average molecular weight is 357 g/mol. The summed E-state index contributed by atoms with van der Waals surface area (Å²) in [6, 6.07) is 6.87. The molecule has 2 aromatic rings. The smallest absolute Gasteiger partial charge is 0.238 e. The lowest BCUT2D eigenvalue weighted by Crippen LogP contribution is -2.41. The van der Waals surface area contributed by atoms with Crippen molar-refractivity contribution < 1.29 is 18.0 Å². The minimum Gasteiger partial charge on any atom is -0.322 e. The second-order valence-corrected chi connectivity index (χ2v) is 6.18. The van der Waals surface area contributed by atoms with E-state index in [4.69, 9.17) is 11.6 Å². The number of amides is 1. The zero-order chi connectivity index (χ0) is 17.9. The van der Waals surface area contributed by atoms with Gasteiger partial charge < -0.3 is 5.32 Å². The average Bonchev–Trinajstić information content (AvgIpc) is 2.48. The number of nitrogens with one attached hydrogen (secondary N) is 2. The van der Waals surface area contributed by atoms with Crippen molar-refractivity contribution in [1.82, 2.24) is 5.32 Å². The molecule has 2 rings (SSSR count). The molecular weight excluding hydrogens is 341 g/mol.